The van der Waals surface area contributed by atoms with Gasteiger partial charge in [0, 0.05) is 13.1 Å². The van der Waals surface area contributed by atoms with Gasteiger partial charge in [-0.3, -0.25) is 4.90 Å². The van der Waals surface area contributed by atoms with Gasteiger partial charge in [0.05, 0.1) is 0 Å². The number of allylic oxidation sites excluding steroid dienone is 3. The molecule has 0 aromatic rings. The Hall–Kier alpha value is -1.02. The third kappa shape index (κ3) is 5.73. The Balaban J connectivity index is 2.25. The molecule has 0 aliphatic carbocycles. The highest BCUT2D eigenvalue weighted by Gasteiger charge is 2.22. The maximum absolute atomic E-state index is 5.81. The molecule has 1 aliphatic rings. The van der Waals surface area contributed by atoms with Crippen LogP contribution >= 0.6 is 0 Å². The molecule has 1 rings (SSSR count). The summed E-state index contributed by atoms with van der Waals surface area (Å²) in [6.07, 6.45) is 7.81. The van der Waals surface area contributed by atoms with Crippen molar-refractivity contribution in [2.45, 2.75) is 39.2 Å². The second-order valence-electron chi connectivity index (χ2n) is 4.83. The summed E-state index contributed by atoms with van der Waals surface area (Å²) in [6, 6.07) is 0. The van der Waals surface area contributed by atoms with E-state index in [9.17, 15) is 0 Å². The van der Waals surface area contributed by atoms with Gasteiger partial charge < -0.3 is 4.74 Å². The van der Waals surface area contributed by atoms with Crippen LogP contribution in [-0.2, 0) is 4.74 Å². The molecule has 0 aromatic heterocycles. The highest BCUT2D eigenvalue weighted by molar-refractivity contribution is 5.19. The zero-order valence-electron chi connectivity index (χ0n) is 11.2. The summed E-state index contributed by atoms with van der Waals surface area (Å²) < 4.78 is 5.81. The largest absolute Gasteiger partial charge is 0.490 e. The minimum atomic E-state index is 0.314. The van der Waals surface area contributed by atoms with E-state index < -0.39 is 0 Å². The lowest BCUT2D eigenvalue weighted by Gasteiger charge is -2.16. The lowest BCUT2D eigenvalue weighted by Crippen LogP contribution is -2.24. The van der Waals surface area contributed by atoms with Crippen LogP contribution < -0.4 is 0 Å². The predicted octanol–water partition coefficient (Wildman–Crippen LogP) is 3.52. The summed E-state index contributed by atoms with van der Waals surface area (Å²) in [7, 11) is 0. The molecular formula is C15H25NO. The van der Waals surface area contributed by atoms with E-state index in [1.54, 1.807) is 0 Å². The Morgan fingerprint density at radius 2 is 2.18 bits per heavy atom. The highest BCUT2D eigenvalue weighted by Crippen LogP contribution is 2.16. The van der Waals surface area contributed by atoms with Crippen molar-refractivity contribution in [1.29, 1.82) is 0 Å². The van der Waals surface area contributed by atoms with Gasteiger partial charge in [-0.2, -0.15) is 0 Å². The molecule has 0 radical (unpaired) electrons. The summed E-state index contributed by atoms with van der Waals surface area (Å²) in [5, 5.41) is 0. The standard InChI is InChI=1S/C15H25NO/c1-5-6-10-16-11-9-15(12-16)17-14(4)8-7-13(2)3/h7-8,15H,2,4-6,9-12H2,1,3H3/b8-7-. The molecule has 1 atom stereocenters. The van der Waals surface area contributed by atoms with E-state index in [1.165, 1.54) is 19.4 Å². The zero-order valence-corrected chi connectivity index (χ0v) is 11.2. The summed E-state index contributed by atoms with van der Waals surface area (Å²) in [6.45, 7) is 15.3. The van der Waals surface area contributed by atoms with E-state index in [1.807, 2.05) is 19.1 Å². The number of rotatable bonds is 7. The molecule has 0 aromatic carbocycles. The summed E-state index contributed by atoms with van der Waals surface area (Å²) in [5.74, 6) is 0.746. The molecule has 1 aliphatic heterocycles. The molecule has 0 amide bonds. The van der Waals surface area contributed by atoms with Gasteiger partial charge in [-0.15, -0.1) is 0 Å². The van der Waals surface area contributed by atoms with E-state index in [0.717, 1.165) is 30.8 Å². The summed E-state index contributed by atoms with van der Waals surface area (Å²) in [5.41, 5.74) is 1.02. The predicted molar refractivity (Wildman–Crippen MR) is 73.9 cm³/mol. The number of hydrogen-bond acceptors (Lipinski definition) is 2. The molecular weight excluding hydrogens is 210 g/mol. The van der Waals surface area contributed by atoms with Crippen molar-refractivity contribution in [1.82, 2.24) is 4.90 Å². The van der Waals surface area contributed by atoms with Crippen LogP contribution in [0.5, 0.6) is 0 Å². The maximum Gasteiger partial charge on any atom is 0.113 e. The topological polar surface area (TPSA) is 12.5 Å². The number of hydrogen-bond donors (Lipinski definition) is 0. The number of likely N-dealkylation sites (tertiary alicyclic amines) is 1. The van der Waals surface area contributed by atoms with E-state index in [2.05, 4.69) is 25.0 Å². The molecule has 17 heavy (non-hydrogen) atoms. The van der Waals surface area contributed by atoms with Crippen molar-refractivity contribution in [2.24, 2.45) is 0 Å². The lowest BCUT2D eigenvalue weighted by molar-refractivity contribution is 0.130. The van der Waals surface area contributed by atoms with Gasteiger partial charge in [-0.1, -0.05) is 38.2 Å². The molecule has 96 valence electrons. The van der Waals surface area contributed by atoms with E-state index in [0.29, 0.717) is 6.10 Å². The molecule has 1 saturated heterocycles. The van der Waals surface area contributed by atoms with E-state index in [-0.39, 0.29) is 0 Å². The van der Waals surface area contributed by atoms with Gasteiger partial charge in [0.1, 0.15) is 11.9 Å². The fourth-order valence-electron chi connectivity index (χ4n) is 1.97. The third-order valence-corrected chi connectivity index (χ3v) is 2.93. The molecule has 0 spiro atoms. The van der Waals surface area contributed by atoms with Crippen LogP contribution in [0.15, 0.2) is 36.6 Å². The molecule has 2 heteroatoms. The first-order chi connectivity index (χ1) is 8.11. The minimum Gasteiger partial charge on any atom is -0.490 e. The van der Waals surface area contributed by atoms with Gasteiger partial charge in [0.25, 0.3) is 0 Å². The Morgan fingerprint density at radius 3 is 2.82 bits per heavy atom. The van der Waals surface area contributed by atoms with Crippen LogP contribution in [0.2, 0.25) is 0 Å². The quantitative estimate of drug-likeness (QED) is 0.494. The average Bonchev–Trinajstić information content (AvgIpc) is 2.71. The van der Waals surface area contributed by atoms with Gasteiger partial charge in [0.2, 0.25) is 0 Å². The Labute approximate surface area is 106 Å². The van der Waals surface area contributed by atoms with Gasteiger partial charge in [0.15, 0.2) is 0 Å². The molecule has 2 nitrogen and oxygen atoms in total. The molecule has 1 unspecified atom stereocenters. The van der Waals surface area contributed by atoms with Gasteiger partial charge in [-0.05, 0) is 32.4 Å². The third-order valence-electron chi connectivity index (χ3n) is 2.93. The normalized spacial score (nSPS) is 20.9. The fourth-order valence-corrected chi connectivity index (χ4v) is 1.97. The number of ether oxygens (including phenoxy) is 1. The number of nitrogens with zero attached hydrogens (tertiary/aromatic N) is 1. The van der Waals surface area contributed by atoms with Crippen LogP contribution in [0, 0.1) is 0 Å². The molecule has 0 N–H and O–H groups in total. The van der Waals surface area contributed by atoms with E-state index >= 15 is 0 Å². The van der Waals surface area contributed by atoms with Crippen molar-refractivity contribution >= 4 is 0 Å². The Kier molecular flexibility index (Phi) is 6.06. The fraction of sp³-hybridized carbons (Fsp3) is 0.600. The zero-order chi connectivity index (χ0) is 12.7. The van der Waals surface area contributed by atoms with Crippen molar-refractivity contribution in [3.63, 3.8) is 0 Å². The summed E-state index contributed by atoms with van der Waals surface area (Å²) in [4.78, 5) is 2.48. The van der Waals surface area contributed by atoms with Crippen molar-refractivity contribution in [3.8, 4) is 0 Å². The summed E-state index contributed by atoms with van der Waals surface area (Å²) >= 11 is 0. The van der Waals surface area contributed by atoms with Crippen LogP contribution in [0.1, 0.15) is 33.1 Å². The van der Waals surface area contributed by atoms with Crippen molar-refractivity contribution in [3.05, 3.63) is 36.6 Å². The van der Waals surface area contributed by atoms with Crippen LogP contribution in [0.25, 0.3) is 0 Å². The first kappa shape index (κ1) is 14.0. The Bertz CT molecular complexity index is 293. The highest BCUT2D eigenvalue weighted by atomic mass is 16.5. The number of unbranched alkanes of at least 4 members (excludes halogenated alkanes) is 1. The second kappa shape index (κ2) is 7.33. The van der Waals surface area contributed by atoms with Crippen molar-refractivity contribution < 1.29 is 4.74 Å². The van der Waals surface area contributed by atoms with Gasteiger partial charge >= 0.3 is 0 Å². The first-order valence-electron chi connectivity index (χ1n) is 6.53. The lowest BCUT2D eigenvalue weighted by atomic mass is 10.3. The SMILES string of the molecule is C=C(C)/C=C\C(=C)OC1CCN(CCCC)C1. The molecule has 0 bridgehead atoms. The second-order valence-corrected chi connectivity index (χ2v) is 4.83. The molecule has 0 saturated carbocycles. The molecule has 1 fully saturated rings. The average molecular weight is 235 g/mol. The monoisotopic (exact) mass is 235 g/mol. The van der Waals surface area contributed by atoms with Crippen LogP contribution in [-0.4, -0.2) is 30.6 Å². The van der Waals surface area contributed by atoms with Crippen LogP contribution in [0.3, 0.4) is 0 Å². The van der Waals surface area contributed by atoms with E-state index in [4.69, 9.17) is 4.74 Å². The van der Waals surface area contributed by atoms with Gasteiger partial charge in [-0.25, -0.2) is 0 Å². The van der Waals surface area contributed by atoms with Crippen molar-refractivity contribution in [2.75, 3.05) is 19.6 Å². The minimum absolute atomic E-state index is 0.314. The Morgan fingerprint density at radius 1 is 1.41 bits per heavy atom. The molecule has 1 heterocycles. The van der Waals surface area contributed by atoms with Crippen LogP contribution in [0.4, 0.5) is 0 Å². The first-order valence-corrected chi connectivity index (χ1v) is 6.53. The smallest absolute Gasteiger partial charge is 0.113 e. The maximum atomic E-state index is 5.81.